The van der Waals surface area contributed by atoms with Crippen LogP contribution in [0.5, 0.6) is 0 Å². The SMILES string of the molecule is CN(C)c1ccc(C=C2C(=O)NCC(=O)N2Cc2ccccc2)cc1. The Kier molecular flexibility index (Phi) is 4.84. The number of piperazine rings is 1. The topological polar surface area (TPSA) is 52.7 Å². The van der Waals surface area contributed by atoms with E-state index in [9.17, 15) is 9.59 Å². The van der Waals surface area contributed by atoms with Gasteiger partial charge in [0.15, 0.2) is 0 Å². The van der Waals surface area contributed by atoms with Gasteiger partial charge in [0.25, 0.3) is 5.91 Å². The highest BCUT2D eigenvalue weighted by Gasteiger charge is 2.28. The summed E-state index contributed by atoms with van der Waals surface area (Å²) in [5.74, 6) is -0.341. The number of hydrogen-bond acceptors (Lipinski definition) is 3. The second-order valence-electron chi connectivity index (χ2n) is 6.16. The summed E-state index contributed by atoms with van der Waals surface area (Å²) in [6, 6.07) is 17.5. The molecule has 0 bridgehead atoms. The average molecular weight is 335 g/mol. The van der Waals surface area contributed by atoms with Gasteiger partial charge >= 0.3 is 0 Å². The Labute approximate surface area is 147 Å². The molecule has 0 spiro atoms. The summed E-state index contributed by atoms with van der Waals surface area (Å²) in [4.78, 5) is 28.2. The zero-order chi connectivity index (χ0) is 17.8. The molecule has 2 aromatic rings. The van der Waals surface area contributed by atoms with E-state index in [1.807, 2.05) is 73.6 Å². The number of amides is 2. The van der Waals surface area contributed by atoms with Gasteiger partial charge in [-0.15, -0.1) is 0 Å². The van der Waals surface area contributed by atoms with Gasteiger partial charge < -0.3 is 15.1 Å². The minimum absolute atomic E-state index is 0.0303. The molecule has 1 aliphatic heterocycles. The fourth-order valence-corrected chi connectivity index (χ4v) is 2.71. The second-order valence-corrected chi connectivity index (χ2v) is 6.16. The van der Waals surface area contributed by atoms with E-state index in [0.29, 0.717) is 12.2 Å². The Bertz CT molecular complexity index is 795. The van der Waals surface area contributed by atoms with Crippen LogP contribution in [0.4, 0.5) is 5.69 Å². The second kappa shape index (κ2) is 7.21. The smallest absolute Gasteiger partial charge is 0.268 e. The van der Waals surface area contributed by atoms with Crippen molar-refractivity contribution in [2.45, 2.75) is 6.54 Å². The first kappa shape index (κ1) is 16.8. The predicted molar refractivity (Wildman–Crippen MR) is 98.7 cm³/mol. The van der Waals surface area contributed by atoms with Crippen LogP contribution in [0.2, 0.25) is 0 Å². The van der Waals surface area contributed by atoms with E-state index < -0.39 is 0 Å². The maximum Gasteiger partial charge on any atom is 0.268 e. The third-order valence-electron chi connectivity index (χ3n) is 4.12. The van der Waals surface area contributed by atoms with Crippen LogP contribution in [0.3, 0.4) is 0 Å². The number of carbonyl (C=O) groups excluding carboxylic acids is 2. The fraction of sp³-hybridized carbons (Fsp3) is 0.200. The molecule has 0 aromatic heterocycles. The first-order valence-corrected chi connectivity index (χ1v) is 8.16. The summed E-state index contributed by atoms with van der Waals surface area (Å²) in [7, 11) is 3.95. The fourth-order valence-electron chi connectivity index (χ4n) is 2.71. The lowest BCUT2D eigenvalue weighted by atomic mass is 10.1. The molecule has 5 nitrogen and oxygen atoms in total. The Hall–Kier alpha value is -3.08. The summed E-state index contributed by atoms with van der Waals surface area (Å²) < 4.78 is 0. The Morgan fingerprint density at radius 2 is 1.72 bits per heavy atom. The van der Waals surface area contributed by atoms with Crippen molar-refractivity contribution in [2.75, 3.05) is 25.5 Å². The zero-order valence-electron chi connectivity index (χ0n) is 14.4. The van der Waals surface area contributed by atoms with Gasteiger partial charge in [-0.25, -0.2) is 0 Å². The largest absolute Gasteiger partial charge is 0.378 e. The van der Waals surface area contributed by atoms with Crippen molar-refractivity contribution in [1.82, 2.24) is 10.2 Å². The molecule has 5 heteroatoms. The maximum absolute atomic E-state index is 12.4. The van der Waals surface area contributed by atoms with Crippen molar-refractivity contribution in [3.63, 3.8) is 0 Å². The molecule has 0 unspecified atom stereocenters. The van der Waals surface area contributed by atoms with Crippen LogP contribution in [0.1, 0.15) is 11.1 Å². The van der Waals surface area contributed by atoms with Crippen molar-refractivity contribution in [3.05, 3.63) is 71.4 Å². The van der Waals surface area contributed by atoms with Gasteiger partial charge in [0.1, 0.15) is 5.70 Å². The highest BCUT2D eigenvalue weighted by atomic mass is 16.2. The lowest BCUT2D eigenvalue weighted by Crippen LogP contribution is -2.49. The van der Waals surface area contributed by atoms with E-state index in [0.717, 1.165) is 16.8 Å². The minimum atomic E-state index is -0.229. The van der Waals surface area contributed by atoms with Gasteiger partial charge in [-0.2, -0.15) is 0 Å². The van der Waals surface area contributed by atoms with Crippen LogP contribution < -0.4 is 10.2 Å². The summed E-state index contributed by atoms with van der Waals surface area (Å²) >= 11 is 0. The van der Waals surface area contributed by atoms with Crippen molar-refractivity contribution >= 4 is 23.6 Å². The van der Waals surface area contributed by atoms with Gasteiger partial charge in [-0.3, -0.25) is 9.59 Å². The number of nitrogens with zero attached hydrogens (tertiary/aromatic N) is 2. The highest BCUT2D eigenvalue weighted by molar-refractivity contribution is 6.05. The van der Waals surface area contributed by atoms with Crippen molar-refractivity contribution in [2.24, 2.45) is 0 Å². The minimum Gasteiger partial charge on any atom is -0.378 e. The molecule has 0 atom stereocenters. The van der Waals surface area contributed by atoms with E-state index in [1.165, 1.54) is 0 Å². The first-order chi connectivity index (χ1) is 12.0. The lowest BCUT2D eigenvalue weighted by Gasteiger charge is -2.29. The number of nitrogens with one attached hydrogen (secondary N) is 1. The molecular weight excluding hydrogens is 314 g/mol. The third kappa shape index (κ3) is 3.88. The summed E-state index contributed by atoms with van der Waals surface area (Å²) in [6.07, 6.45) is 1.76. The van der Waals surface area contributed by atoms with Crippen LogP contribution in [-0.2, 0) is 16.1 Å². The first-order valence-electron chi connectivity index (χ1n) is 8.16. The quantitative estimate of drug-likeness (QED) is 0.872. The molecule has 0 radical (unpaired) electrons. The maximum atomic E-state index is 12.4. The molecule has 1 aliphatic rings. The summed E-state index contributed by atoms with van der Waals surface area (Å²) in [5.41, 5.74) is 3.31. The molecule has 1 fully saturated rings. The molecule has 1 N–H and O–H groups in total. The molecule has 25 heavy (non-hydrogen) atoms. The van der Waals surface area contributed by atoms with E-state index in [-0.39, 0.29) is 18.4 Å². The summed E-state index contributed by atoms with van der Waals surface area (Å²) in [6.45, 7) is 0.414. The number of benzene rings is 2. The van der Waals surface area contributed by atoms with Crippen LogP contribution in [0.15, 0.2) is 60.3 Å². The molecule has 128 valence electrons. The van der Waals surface area contributed by atoms with Gasteiger partial charge in [-0.1, -0.05) is 42.5 Å². The molecule has 0 aliphatic carbocycles. The molecule has 1 heterocycles. The van der Waals surface area contributed by atoms with Crippen LogP contribution >= 0.6 is 0 Å². The monoisotopic (exact) mass is 335 g/mol. The molecule has 2 amide bonds. The van der Waals surface area contributed by atoms with E-state index in [2.05, 4.69) is 5.32 Å². The number of hydrogen-bond donors (Lipinski definition) is 1. The number of carbonyl (C=O) groups is 2. The molecule has 3 rings (SSSR count). The highest BCUT2D eigenvalue weighted by Crippen LogP contribution is 2.20. The summed E-state index contributed by atoms with van der Waals surface area (Å²) in [5, 5.41) is 2.64. The average Bonchev–Trinajstić information content (AvgIpc) is 2.62. The van der Waals surface area contributed by atoms with E-state index in [1.54, 1.807) is 11.0 Å². The van der Waals surface area contributed by atoms with E-state index in [4.69, 9.17) is 0 Å². The number of anilines is 1. The van der Waals surface area contributed by atoms with Gasteiger partial charge in [0.2, 0.25) is 5.91 Å². The molecule has 1 saturated heterocycles. The van der Waals surface area contributed by atoms with Gasteiger partial charge in [0, 0.05) is 19.8 Å². The van der Waals surface area contributed by atoms with E-state index >= 15 is 0 Å². The number of rotatable bonds is 4. The Morgan fingerprint density at radius 3 is 2.36 bits per heavy atom. The van der Waals surface area contributed by atoms with Gasteiger partial charge in [-0.05, 0) is 29.3 Å². The molecule has 2 aromatic carbocycles. The van der Waals surface area contributed by atoms with Crippen LogP contribution in [-0.4, -0.2) is 37.4 Å². The van der Waals surface area contributed by atoms with Crippen LogP contribution in [0.25, 0.3) is 6.08 Å². The predicted octanol–water partition coefficient (Wildman–Crippen LogP) is 2.25. The lowest BCUT2D eigenvalue weighted by molar-refractivity contribution is -0.136. The van der Waals surface area contributed by atoms with Crippen molar-refractivity contribution in [3.8, 4) is 0 Å². The van der Waals surface area contributed by atoms with Crippen LogP contribution in [0, 0.1) is 0 Å². The Morgan fingerprint density at radius 1 is 1.04 bits per heavy atom. The molecule has 0 saturated carbocycles. The Balaban J connectivity index is 1.91. The molecular formula is C20H21N3O2. The zero-order valence-corrected chi connectivity index (χ0v) is 14.4. The standard InChI is InChI=1S/C20H21N3O2/c1-22(2)17-10-8-15(9-11-17)12-18-20(25)21-13-19(24)23(18)14-16-6-4-3-5-7-16/h3-12H,13-14H2,1-2H3,(H,21,25). The van der Waals surface area contributed by atoms with Gasteiger partial charge in [0.05, 0.1) is 13.1 Å². The van der Waals surface area contributed by atoms with Crippen molar-refractivity contribution < 1.29 is 9.59 Å². The van der Waals surface area contributed by atoms with Crippen molar-refractivity contribution in [1.29, 1.82) is 0 Å². The third-order valence-corrected chi connectivity index (χ3v) is 4.12. The normalized spacial score (nSPS) is 16.1.